The van der Waals surface area contributed by atoms with Gasteiger partial charge in [-0.05, 0) is 26.0 Å². The molecule has 0 atom stereocenters. The van der Waals surface area contributed by atoms with E-state index < -0.39 is 0 Å². The third-order valence-electron chi connectivity index (χ3n) is 3.04. The number of methoxy groups -OCH3 is 1. The zero-order valence-corrected chi connectivity index (χ0v) is 10.4. The first-order chi connectivity index (χ1) is 8.20. The third-order valence-corrected chi connectivity index (χ3v) is 3.04. The Morgan fingerprint density at radius 1 is 1.53 bits per heavy atom. The Hall–Kier alpha value is -1.49. The molecule has 0 aliphatic heterocycles. The van der Waals surface area contributed by atoms with E-state index in [1.807, 2.05) is 0 Å². The molecular weight excluding hydrogens is 216 g/mol. The van der Waals surface area contributed by atoms with Crippen LogP contribution in [0.15, 0.2) is 12.1 Å². The largest absolute Gasteiger partial charge is 0.481 e. The minimum atomic E-state index is 0.581. The second-order valence-electron chi connectivity index (χ2n) is 4.43. The summed E-state index contributed by atoms with van der Waals surface area (Å²) in [5.41, 5.74) is 6.49. The quantitative estimate of drug-likeness (QED) is 0.776. The maximum atomic E-state index is 5.84. The summed E-state index contributed by atoms with van der Waals surface area (Å²) in [7, 11) is 3.75. The molecule has 0 saturated heterocycles. The molecule has 17 heavy (non-hydrogen) atoms. The molecule has 0 radical (unpaired) electrons. The summed E-state index contributed by atoms with van der Waals surface area (Å²) in [5.74, 6) is 1.28. The fourth-order valence-corrected chi connectivity index (χ4v) is 1.76. The van der Waals surface area contributed by atoms with E-state index in [0.717, 1.165) is 19.1 Å². The predicted molar refractivity (Wildman–Crippen MR) is 69.3 cm³/mol. The van der Waals surface area contributed by atoms with Gasteiger partial charge in [-0.3, -0.25) is 0 Å². The van der Waals surface area contributed by atoms with E-state index in [1.54, 1.807) is 19.2 Å². The number of nitrogens with zero attached hydrogens (tertiary/aromatic N) is 2. The van der Waals surface area contributed by atoms with Gasteiger partial charge in [0, 0.05) is 25.2 Å². The fraction of sp³-hybridized carbons (Fsp3) is 0.583. The van der Waals surface area contributed by atoms with Gasteiger partial charge in [-0.25, -0.2) is 0 Å². The molecule has 2 rings (SSSR count). The van der Waals surface area contributed by atoms with Gasteiger partial charge < -0.3 is 20.7 Å². The van der Waals surface area contributed by atoms with Gasteiger partial charge in [-0.15, -0.1) is 0 Å². The highest BCUT2D eigenvalue weighted by Gasteiger charge is 2.25. The van der Waals surface area contributed by atoms with E-state index in [9.17, 15) is 0 Å². The lowest BCUT2D eigenvalue weighted by Gasteiger charge is -2.16. The van der Waals surface area contributed by atoms with Crippen molar-refractivity contribution in [2.45, 2.75) is 18.9 Å². The maximum Gasteiger partial charge on any atom is 0.215 e. The molecule has 0 unspecified atom stereocenters. The summed E-state index contributed by atoms with van der Waals surface area (Å²) in [5, 5.41) is 3.24. The molecule has 1 saturated carbocycles. The summed E-state index contributed by atoms with van der Waals surface area (Å²) in [4.78, 5) is 6.64. The highest BCUT2D eigenvalue weighted by Crippen LogP contribution is 2.25. The second-order valence-corrected chi connectivity index (χ2v) is 4.43. The van der Waals surface area contributed by atoms with Crippen LogP contribution in [-0.2, 0) is 0 Å². The minimum Gasteiger partial charge on any atom is -0.481 e. The number of nitrogens with two attached hydrogens (primary N) is 1. The van der Waals surface area contributed by atoms with Gasteiger partial charge in [-0.1, -0.05) is 0 Å². The van der Waals surface area contributed by atoms with Crippen LogP contribution < -0.4 is 15.8 Å². The van der Waals surface area contributed by atoms with Gasteiger partial charge in [0.05, 0.1) is 12.8 Å². The molecule has 1 aliphatic rings. The number of anilines is 2. The molecule has 0 aromatic carbocycles. The second kappa shape index (κ2) is 5.23. The van der Waals surface area contributed by atoms with Crippen LogP contribution in [0, 0.1) is 0 Å². The van der Waals surface area contributed by atoms with Crippen molar-refractivity contribution in [1.82, 2.24) is 9.88 Å². The zero-order valence-electron chi connectivity index (χ0n) is 10.4. The first kappa shape index (κ1) is 12.0. The summed E-state index contributed by atoms with van der Waals surface area (Å²) in [6, 6.07) is 4.35. The third kappa shape index (κ3) is 3.23. The van der Waals surface area contributed by atoms with Crippen LogP contribution in [0.25, 0.3) is 0 Å². The Kier molecular flexibility index (Phi) is 3.68. The van der Waals surface area contributed by atoms with Gasteiger partial charge in [0.25, 0.3) is 0 Å². The number of hydrogen-bond donors (Lipinski definition) is 2. The Morgan fingerprint density at radius 2 is 2.29 bits per heavy atom. The normalized spacial score (nSPS) is 15.0. The van der Waals surface area contributed by atoms with Gasteiger partial charge in [0.1, 0.15) is 0 Å². The Labute approximate surface area is 102 Å². The summed E-state index contributed by atoms with van der Waals surface area (Å²) < 4.78 is 5.07. The zero-order chi connectivity index (χ0) is 12.3. The van der Waals surface area contributed by atoms with Crippen molar-refractivity contribution in [2.75, 3.05) is 38.3 Å². The number of hydrogen-bond acceptors (Lipinski definition) is 5. The SMILES string of the molecule is COc1ccc(N)c(NCCN(C)C2CC2)n1. The summed E-state index contributed by atoms with van der Waals surface area (Å²) in [6.45, 7) is 1.85. The van der Waals surface area contributed by atoms with Crippen LogP contribution in [0.4, 0.5) is 11.5 Å². The predicted octanol–water partition coefficient (Wildman–Crippen LogP) is 1.18. The lowest BCUT2D eigenvalue weighted by atomic mass is 10.4. The Balaban J connectivity index is 1.84. The molecule has 5 heteroatoms. The molecule has 94 valence electrons. The van der Waals surface area contributed by atoms with Crippen molar-refractivity contribution in [1.29, 1.82) is 0 Å². The van der Waals surface area contributed by atoms with Crippen LogP contribution in [0.5, 0.6) is 5.88 Å². The molecule has 1 heterocycles. The molecule has 1 aliphatic carbocycles. The number of ether oxygens (including phenoxy) is 1. The summed E-state index contributed by atoms with van der Waals surface area (Å²) >= 11 is 0. The number of pyridine rings is 1. The van der Waals surface area contributed by atoms with Crippen molar-refractivity contribution in [3.63, 3.8) is 0 Å². The first-order valence-electron chi connectivity index (χ1n) is 5.95. The molecule has 0 bridgehead atoms. The van der Waals surface area contributed by atoms with E-state index in [4.69, 9.17) is 10.5 Å². The van der Waals surface area contributed by atoms with Crippen molar-refractivity contribution in [2.24, 2.45) is 0 Å². The monoisotopic (exact) mass is 236 g/mol. The van der Waals surface area contributed by atoms with Crippen LogP contribution in [0.3, 0.4) is 0 Å². The average Bonchev–Trinajstić information content (AvgIpc) is 3.15. The van der Waals surface area contributed by atoms with Crippen molar-refractivity contribution < 1.29 is 4.74 Å². The topological polar surface area (TPSA) is 63.4 Å². The number of rotatable bonds is 6. The molecule has 1 aromatic rings. The van der Waals surface area contributed by atoms with Gasteiger partial charge in [0.15, 0.2) is 5.82 Å². The first-order valence-corrected chi connectivity index (χ1v) is 5.95. The lowest BCUT2D eigenvalue weighted by molar-refractivity contribution is 0.337. The molecule has 3 N–H and O–H groups in total. The molecule has 0 spiro atoms. The Bertz CT molecular complexity index is 379. The number of nitrogens with one attached hydrogen (secondary N) is 1. The van der Waals surface area contributed by atoms with Crippen molar-refractivity contribution in [3.05, 3.63) is 12.1 Å². The highest BCUT2D eigenvalue weighted by atomic mass is 16.5. The highest BCUT2D eigenvalue weighted by molar-refractivity contribution is 5.61. The van der Waals surface area contributed by atoms with E-state index >= 15 is 0 Å². The van der Waals surface area contributed by atoms with Crippen molar-refractivity contribution >= 4 is 11.5 Å². The Morgan fingerprint density at radius 3 is 2.94 bits per heavy atom. The van der Waals surface area contributed by atoms with E-state index in [1.165, 1.54) is 12.8 Å². The number of nitrogen functional groups attached to an aromatic ring is 1. The van der Waals surface area contributed by atoms with Crippen LogP contribution in [0.2, 0.25) is 0 Å². The summed E-state index contributed by atoms with van der Waals surface area (Å²) in [6.07, 6.45) is 2.66. The maximum absolute atomic E-state index is 5.84. The number of aromatic nitrogens is 1. The molecule has 1 fully saturated rings. The van der Waals surface area contributed by atoms with E-state index in [-0.39, 0.29) is 0 Å². The number of likely N-dealkylation sites (N-methyl/N-ethyl adjacent to an activating group) is 1. The average molecular weight is 236 g/mol. The molecule has 5 nitrogen and oxygen atoms in total. The van der Waals surface area contributed by atoms with Gasteiger partial charge in [-0.2, -0.15) is 4.98 Å². The van der Waals surface area contributed by atoms with Gasteiger partial charge in [0.2, 0.25) is 5.88 Å². The minimum absolute atomic E-state index is 0.581. The molecular formula is C12H20N4O. The van der Waals surface area contributed by atoms with Crippen LogP contribution >= 0.6 is 0 Å². The molecule has 0 amide bonds. The van der Waals surface area contributed by atoms with Crippen LogP contribution in [-0.4, -0.2) is 43.2 Å². The molecule has 1 aromatic heterocycles. The van der Waals surface area contributed by atoms with Crippen LogP contribution in [0.1, 0.15) is 12.8 Å². The van der Waals surface area contributed by atoms with Crippen molar-refractivity contribution in [3.8, 4) is 5.88 Å². The lowest BCUT2D eigenvalue weighted by Crippen LogP contribution is -2.27. The van der Waals surface area contributed by atoms with Gasteiger partial charge >= 0.3 is 0 Å². The fourth-order valence-electron chi connectivity index (χ4n) is 1.76. The standard InChI is InChI=1S/C12H20N4O/c1-16(9-3-4-9)8-7-14-12-10(13)5-6-11(15-12)17-2/h5-6,9H,3-4,7-8,13H2,1-2H3,(H,14,15). The van der Waals surface area contributed by atoms with E-state index in [0.29, 0.717) is 17.4 Å². The smallest absolute Gasteiger partial charge is 0.215 e. The van der Waals surface area contributed by atoms with E-state index in [2.05, 4.69) is 22.2 Å².